The number of nitrogens with one attached hydrogen (secondary N) is 1. The summed E-state index contributed by atoms with van der Waals surface area (Å²) in [6, 6.07) is 19.3. The van der Waals surface area contributed by atoms with Crippen LogP contribution in [-0.4, -0.2) is 15.1 Å². The Hall–Kier alpha value is -2.63. The highest BCUT2D eigenvalue weighted by atomic mass is 35.5. The van der Waals surface area contributed by atoms with Crippen LogP contribution in [0.1, 0.15) is 0 Å². The first-order chi connectivity index (χ1) is 11.3. The Labute approximate surface area is 149 Å². The topological polar surface area (TPSA) is 58.0 Å². The van der Waals surface area contributed by atoms with E-state index in [4.69, 9.17) is 0 Å². The summed E-state index contributed by atoms with van der Waals surface area (Å²) in [6.07, 6.45) is 1.55. The maximum absolute atomic E-state index is 9.59. The smallest absolute Gasteiger partial charge is 0.142 e. The minimum atomic E-state index is 0. The van der Waals surface area contributed by atoms with Gasteiger partial charge in [-0.1, -0.05) is 36.4 Å². The lowest BCUT2D eigenvalue weighted by molar-refractivity contribution is 0.475. The minimum absolute atomic E-state index is 0. The molecule has 0 aliphatic rings. The number of rotatable bonds is 3. The highest BCUT2D eigenvalue weighted by Gasteiger charge is 2.10. The number of hydrogen-bond donors (Lipinski definition) is 2. The van der Waals surface area contributed by atoms with Gasteiger partial charge in [-0.25, -0.2) is 9.97 Å². The lowest BCUT2D eigenvalue weighted by Gasteiger charge is -2.06. The van der Waals surface area contributed by atoms with Crippen LogP contribution in [0, 0.1) is 0 Å². The predicted molar refractivity (Wildman–Crippen MR) is 101 cm³/mol. The van der Waals surface area contributed by atoms with Gasteiger partial charge in [0.25, 0.3) is 0 Å². The molecule has 0 spiro atoms. The average Bonchev–Trinajstić information content (AvgIpc) is 3.01. The van der Waals surface area contributed by atoms with Gasteiger partial charge in [0.1, 0.15) is 22.7 Å². The van der Waals surface area contributed by atoms with Crippen molar-refractivity contribution in [1.29, 1.82) is 0 Å². The van der Waals surface area contributed by atoms with Crippen molar-refractivity contribution in [2.75, 3.05) is 5.32 Å². The average molecular weight is 356 g/mol. The van der Waals surface area contributed by atoms with Crippen molar-refractivity contribution >= 4 is 45.5 Å². The van der Waals surface area contributed by atoms with Crippen LogP contribution in [0.25, 0.3) is 20.7 Å². The van der Waals surface area contributed by atoms with Crippen molar-refractivity contribution in [2.45, 2.75) is 0 Å². The number of halogens is 1. The standard InChI is InChI=1S/C18H13N3OS.ClH/c22-14-8-4-7-13(9-14)21-17-15-10-16(12-5-2-1-3-6-12)23-18(15)20-11-19-17;/h1-11,22H,(H,19,20,21);1H. The van der Waals surface area contributed by atoms with Gasteiger partial charge in [0, 0.05) is 16.6 Å². The van der Waals surface area contributed by atoms with E-state index >= 15 is 0 Å². The van der Waals surface area contributed by atoms with Gasteiger partial charge in [0.15, 0.2) is 0 Å². The molecule has 120 valence electrons. The van der Waals surface area contributed by atoms with Crippen LogP contribution in [0.5, 0.6) is 5.75 Å². The van der Waals surface area contributed by atoms with Gasteiger partial charge < -0.3 is 10.4 Å². The van der Waals surface area contributed by atoms with E-state index in [1.165, 1.54) is 5.56 Å². The molecule has 4 nitrogen and oxygen atoms in total. The summed E-state index contributed by atoms with van der Waals surface area (Å²) in [5.41, 5.74) is 1.95. The molecule has 0 saturated carbocycles. The molecule has 0 bridgehead atoms. The van der Waals surface area contributed by atoms with Gasteiger partial charge >= 0.3 is 0 Å². The number of anilines is 2. The Morgan fingerprint density at radius 1 is 0.917 bits per heavy atom. The number of hydrogen-bond acceptors (Lipinski definition) is 5. The highest BCUT2D eigenvalue weighted by Crippen LogP contribution is 2.35. The number of aromatic nitrogens is 2. The Morgan fingerprint density at radius 3 is 2.54 bits per heavy atom. The molecular weight excluding hydrogens is 342 g/mol. The van der Waals surface area contributed by atoms with Gasteiger partial charge in [-0.15, -0.1) is 23.7 Å². The third kappa shape index (κ3) is 3.18. The third-order valence-electron chi connectivity index (χ3n) is 3.50. The molecule has 2 aromatic heterocycles. The number of benzene rings is 2. The van der Waals surface area contributed by atoms with E-state index in [2.05, 4.69) is 33.5 Å². The van der Waals surface area contributed by atoms with Crippen molar-refractivity contribution in [3.05, 3.63) is 67.0 Å². The molecule has 0 aliphatic heterocycles. The summed E-state index contributed by atoms with van der Waals surface area (Å²) < 4.78 is 0. The Bertz CT molecular complexity index is 972. The van der Waals surface area contributed by atoms with E-state index in [1.54, 1.807) is 35.9 Å². The maximum Gasteiger partial charge on any atom is 0.142 e. The van der Waals surface area contributed by atoms with Crippen LogP contribution in [0.15, 0.2) is 67.0 Å². The maximum atomic E-state index is 9.59. The van der Waals surface area contributed by atoms with Crippen LogP contribution in [-0.2, 0) is 0 Å². The third-order valence-corrected chi connectivity index (χ3v) is 4.59. The minimum Gasteiger partial charge on any atom is -0.508 e. The summed E-state index contributed by atoms with van der Waals surface area (Å²) in [5.74, 6) is 0.953. The number of phenols is 1. The van der Waals surface area contributed by atoms with Crippen LogP contribution < -0.4 is 5.32 Å². The Kier molecular flexibility index (Phi) is 4.64. The second-order valence-corrected chi connectivity index (χ2v) is 6.12. The molecule has 0 radical (unpaired) electrons. The molecule has 0 saturated heterocycles. The Morgan fingerprint density at radius 2 is 1.75 bits per heavy atom. The first-order valence-electron chi connectivity index (χ1n) is 7.15. The quantitative estimate of drug-likeness (QED) is 0.528. The fourth-order valence-corrected chi connectivity index (χ4v) is 3.42. The number of phenolic OH excluding ortho intramolecular Hbond substituents is 1. The fourth-order valence-electron chi connectivity index (χ4n) is 2.42. The predicted octanol–water partition coefficient (Wildman–Crippen LogP) is 5.23. The van der Waals surface area contributed by atoms with E-state index in [9.17, 15) is 5.11 Å². The summed E-state index contributed by atoms with van der Waals surface area (Å²) in [5, 5.41) is 13.8. The van der Waals surface area contributed by atoms with Crippen molar-refractivity contribution in [3.63, 3.8) is 0 Å². The van der Waals surface area contributed by atoms with Gasteiger partial charge in [0.05, 0.1) is 5.39 Å². The molecule has 2 N–H and O–H groups in total. The molecule has 24 heavy (non-hydrogen) atoms. The zero-order valence-corrected chi connectivity index (χ0v) is 14.1. The van der Waals surface area contributed by atoms with E-state index < -0.39 is 0 Å². The summed E-state index contributed by atoms with van der Waals surface area (Å²) in [4.78, 5) is 10.8. The molecule has 0 unspecified atom stereocenters. The largest absolute Gasteiger partial charge is 0.508 e. The fraction of sp³-hybridized carbons (Fsp3) is 0. The molecule has 0 atom stereocenters. The van der Waals surface area contributed by atoms with Crippen molar-refractivity contribution in [3.8, 4) is 16.2 Å². The van der Waals surface area contributed by atoms with Crippen molar-refractivity contribution in [2.24, 2.45) is 0 Å². The van der Waals surface area contributed by atoms with Gasteiger partial charge in [-0.3, -0.25) is 0 Å². The molecule has 4 rings (SSSR count). The van der Waals surface area contributed by atoms with E-state index in [1.807, 2.05) is 24.3 Å². The molecule has 0 fully saturated rings. The lowest BCUT2D eigenvalue weighted by Crippen LogP contribution is -1.94. The number of thiophene rings is 1. The van der Waals surface area contributed by atoms with Crippen LogP contribution >= 0.6 is 23.7 Å². The molecule has 6 heteroatoms. The highest BCUT2D eigenvalue weighted by molar-refractivity contribution is 7.21. The van der Waals surface area contributed by atoms with Crippen molar-refractivity contribution in [1.82, 2.24) is 9.97 Å². The van der Waals surface area contributed by atoms with Crippen molar-refractivity contribution < 1.29 is 5.11 Å². The number of aromatic hydroxyl groups is 1. The normalized spacial score (nSPS) is 10.3. The summed E-state index contributed by atoms with van der Waals surface area (Å²) >= 11 is 1.64. The van der Waals surface area contributed by atoms with E-state index in [0.717, 1.165) is 26.6 Å². The zero-order valence-electron chi connectivity index (χ0n) is 12.5. The first kappa shape index (κ1) is 16.2. The zero-order chi connectivity index (χ0) is 15.6. The molecule has 2 aromatic carbocycles. The van der Waals surface area contributed by atoms with Crippen LogP contribution in [0.2, 0.25) is 0 Å². The van der Waals surface area contributed by atoms with Crippen LogP contribution in [0.4, 0.5) is 11.5 Å². The second kappa shape index (κ2) is 6.86. The molecule has 4 aromatic rings. The second-order valence-electron chi connectivity index (χ2n) is 5.09. The molecular formula is C18H14ClN3OS. The Balaban J connectivity index is 0.00000169. The van der Waals surface area contributed by atoms with E-state index in [-0.39, 0.29) is 18.2 Å². The van der Waals surface area contributed by atoms with Gasteiger partial charge in [-0.05, 0) is 23.8 Å². The summed E-state index contributed by atoms with van der Waals surface area (Å²) in [6.45, 7) is 0. The molecule has 0 amide bonds. The van der Waals surface area contributed by atoms with Crippen LogP contribution in [0.3, 0.4) is 0 Å². The molecule has 0 aliphatic carbocycles. The number of nitrogens with zero attached hydrogens (tertiary/aromatic N) is 2. The monoisotopic (exact) mass is 355 g/mol. The van der Waals surface area contributed by atoms with E-state index in [0.29, 0.717) is 0 Å². The van der Waals surface area contributed by atoms with Gasteiger partial charge in [-0.2, -0.15) is 0 Å². The lowest BCUT2D eigenvalue weighted by atomic mass is 10.2. The van der Waals surface area contributed by atoms with Gasteiger partial charge in [0.2, 0.25) is 0 Å². The summed E-state index contributed by atoms with van der Waals surface area (Å²) in [7, 11) is 0. The first-order valence-corrected chi connectivity index (χ1v) is 7.97. The molecule has 2 heterocycles. The SMILES string of the molecule is Cl.Oc1cccc(Nc2ncnc3sc(-c4ccccc4)cc23)c1. The number of fused-ring (bicyclic) bond motifs is 1.